The molecule has 14 heavy (non-hydrogen) atoms. The van der Waals surface area contributed by atoms with Gasteiger partial charge in [-0.25, -0.2) is 0 Å². The van der Waals surface area contributed by atoms with E-state index in [1.807, 2.05) is 4.90 Å². The fraction of sp³-hybridized carbons (Fsp3) is 0.625. The van der Waals surface area contributed by atoms with Crippen molar-refractivity contribution in [1.29, 1.82) is 0 Å². The fourth-order valence-corrected chi connectivity index (χ4v) is 2.80. The van der Waals surface area contributed by atoms with Gasteiger partial charge in [0.05, 0.1) is 5.75 Å². The minimum atomic E-state index is 0.225. The van der Waals surface area contributed by atoms with Crippen LogP contribution in [0.5, 0.6) is 0 Å². The summed E-state index contributed by atoms with van der Waals surface area (Å²) in [6.45, 7) is 1.85. The van der Waals surface area contributed by atoms with Crippen LogP contribution in [0, 0.1) is 0 Å². The third-order valence-electron chi connectivity index (χ3n) is 2.12. The Labute approximate surface area is 90.7 Å². The molecule has 0 spiro atoms. The molecule has 2 rings (SSSR count). The van der Waals surface area contributed by atoms with Crippen LogP contribution >= 0.6 is 23.1 Å². The van der Waals surface area contributed by atoms with Crippen molar-refractivity contribution in [2.45, 2.75) is 17.2 Å². The zero-order chi connectivity index (χ0) is 9.80. The molecule has 0 saturated carbocycles. The number of rotatable bonds is 3. The topological polar surface area (TPSA) is 46.1 Å². The van der Waals surface area contributed by atoms with Gasteiger partial charge >= 0.3 is 0 Å². The van der Waals surface area contributed by atoms with Crippen LogP contribution in [0.25, 0.3) is 0 Å². The lowest BCUT2D eigenvalue weighted by Crippen LogP contribution is -2.29. The molecule has 1 aromatic heterocycles. The molecule has 4 nitrogen and oxygen atoms in total. The van der Waals surface area contributed by atoms with Crippen molar-refractivity contribution in [2.75, 3.05) is 18.8 Å². The molecular formula is C8H11N3OS2. The lowest BCUT2D eigenvalue weighted by Gasteiger charge is -2.13. The van der Waals surface area contributed by atoms with E-state index in [4.69, 9.17) is 0 Å². The van der Waals surface area contributed by atoms with Gasteiger partial charge in [-0.05, 0) is 12.8 Å². The molecule has 1 saturated heterocycles. The first-order chi connectivity index (χ1) is 6.86. The highest BCUT2D eigenvalue weighted by Gasteiger charge is 2.17. The van der Waals surface area contributed by atoms with Crippen molar-refractivity contribution in [2.24, 2.45) is 0 Å². The summed E-state index contributed by atoms with van der Waals surface area (Å²) in [5.74, 6) is 0.720. The molecular weight excluding hydrogens is 218 g/mol. The Kier molecular flexibility index (Phi) is 3.36. The Hall–Kier alpha value is -0.620. The maximum Gasteiger partial charge on any atom is 0.233 e. The summed E-state index contributed by atoms with van der Waals surface area (Å²) in [6, 6.07) is 0. The summed E-state index contributed by atoms with van der Waals surface area (Å²) < 4.78 is 0.873. The van der Waals surface area contributed by atoms with Gasteiger partial charge in [0.15, 0.2) is 4.34 Å². The average molecular weight is 229 g/mol. The molecule has 0 radical (unpaired) electrons. The Morgan fingerprint density at radius 3 is 3.00 bits per heavy atom. The zero-order valence-corrected chi connectivity index (χ0v) is 9.31. The Balaban J connectivity index is 1.77. The van der Waals surface area contributed by atoms with Crippen LogP contribution in [0.1, 0.15) is 12.8 Å². The number of thioether (sulfide) groups is 1. The molecule has 2 heterocycles. The quantitative estimate of drug-likeness (QED) is 0.732. The number of amides is 1. The SMILES string of the molecule is O=C(CSc1nncs1)N1CCCC1. The first-order valence-corrected chi connectivity index (χ1v) is 6.39. The Morgan fingerprint density at radius 2 is 2.36 bits per heavy atom. The molecule has 1 aliphatic rings. The average Bonchev–Trinajstić information content (AvgIpc) is 2.87. The number of hydrogen-bond donors (Lipinski definition) is 0. The first kappa shape index (κ1) is 9.92. The lowest BCUT2D eigenvalue weighted by atomic mass is 10.4. The van der Waals surface area contributed by atoms with E-state index >= 15 is 0 Å². The molecule has 0 unspecified atom stereocenters. The molecule has 0 N–H and O–H groups in total. The second-order valence-electron chi connectivity index (χ2n) is 3.08. The molecule has 0 aliphatic carbocycles. The standard InChI is InChI=1S/C8H11N3OS2/c12-7(11-3-1-2-4-11)5-13-8-10-9-6-14-8/h6H,1-5H2. The Bertz CT molecular complexity index is 296. The van der Waals surface area contributed by atoms with Crippen LogP contribution in [-0.2, 0) is 4.79 Å². The highest BCUT2D eigenvalue weighted by Crippen LogP contribution is 2.20. The van der Waals surface area contributed by atoms with Crippen molar-refractivity contribution in [3.63, 3.8) is 0 Å². The van der Waals surface area contributed by atoms with E-state index < -0.39 is 0 Å². The van der Waals surface area contributed by atoms with Gasteiger partial charge in [0.1, 0.15) is 5.51 Å². The number of carbonyl (C=O) groups excluding carboxylic acids is 1. The summed E-state index contributed by atoms with van der Waals surface area (Å²) in [4.78, 5) is 13.5. The van der Waals surface area contributed by atoms with Gasteiger partial charge in [-0.15, -0.1) is 10.2 Å². The summed E-state index contributed by atoms with van der Waals surface area (Å²) in [7, 11) is 0. The van der Waals surface area contributed by atoms with Crippen molar-refractivity contribution in [3.8, 4) is 0 Å². The van der Waals surface area contributed by atoms with E-state index in [1.54, 1.807) is 5.51 Å². The highest BCUT2D eigenvalue weighted by molar-refractivity contribution is 8.01. The molecule has 0 atom stereocenters. The predicted octanol–water partition coefficient (Wildman–Crippen LogP) is 1.25. The zero-order valence-electron chi connectivity index (χ0n) is 7.68. The molecule has 6 heteroatoms. The number of hydrogen-bond acceptors (Lipinski definition) is 5. The maximum absolute atomic E-state index is 11.6. The van der Waals surface area contributed by atoms with Crippen LogP contribution in [-0.4, -0.2) is 39.8 Å². The van der Waals surface area contributed by atoms with E-state index in [9.17, 15) is 4.79 Å². The summed E-state index contributed by atoms with van der Waals surface area (Å²) >= 11 is 2.95. The largest absolute Gasteiger partial charge is 0.342 e. The van der Waals surface area contributed by atoms with Gasteiger partial charge in [-0.3, -0.25) is 4.79 Å². The van der Waals surface area contributed by atoms with Gasteiger partial charge < -0.3 is 4.90 Å². The van der Waals surface area contributed by atoms with Gasteiger partial charge in [0.2, 0.25) is 5.91 Å². The highest BCUT2D eigenvalue weighted by atomic mass is 32.2. The molecule has 1 aliphatic heterocycles. The number of nitrogens with zero attached hydrogens (tertiary/aromatic N) is 3. The second-order valence-corrected chi connectivity index (χ2v) is 5.14. The van der Waals surface area contributed by atoms with Gasteiger partial charge in [0.25, 0.3) is 0 Å². The number of aromatic nitrogens is 2. The van der Waals surface area contributed by atoms with Crippen LogP contribution in [0.2, 0.25) is 0 Å². The normalized spacial score (nSPS) is 16.1. The first-order valence-electron chi connectivity index (χ1n) is 4.53. The van der Waals surface area contributed by atoms with Crippen LogP contribution in [0.4, 0.5) is 0 Å². The lowest BCUT2D eigenvalue weighted by molar-refractivity contribution is -0.127. The van der Waals surface area contributed by atoms with E-state index in [0.29, 0.717) is 5.75 Å². The summed E-state index contributed by atoms with van der Waals surface area (Å²) in [5.41, 5.74) is 1.68. The van der Waals surface area contributed by atoms with Crippen molar-refractivity contribution >= 4 is 29.0 Å². The third-order valence-corrected chi connectivity index (χ3v) is 3.96. The van der Waals surface area contributed by atoms with E-state index in [-0.39, 0.29) is 5.91 Å². The number of likely N-dealkylation sites (tertiary alicyclic amines) is 1. The minimum Gasteiger partial charge on any atom is -0.342 e. The van der Waals surface area contributed by atoms with Crippen LogP contribution in [0.15, 0.2) is 9.85 Å². The van der Waals surface area contributed by atoms with Gasteiger partial charge in [-0.2, -0.15) is 0 Å². The number of carbonyl (C=O) groups is 1. The van der Waals surface area contributed by atoms with Crippen molar-refractivity contribution < 1.29 is 4.79 Å². The van der Waals surface area contributed by atoms with Crippen LogP contribution < -0.4 is 0 Å². The molecule has 76 valence electrons. The van der Waals surface area contributed by atoms with Gasteiger partial charge in [0, 0.05) is 13.1 Å². The molecule has 1 fully saturated rings. The summed E-state index contributed by atoms with van der Waals surface area (Å²) in [6.07, 6.45) is 2.30. The van der Waals surface area contributed by atoms with Crippen LogP contribution in [0.3, 0.4) is 0 Å². The molecule has 1 aromatic rings. The predicted molar refractivity (Wildman–Crippen MR) is 56.4 cm³/mol. The van der Waals surface area contributed by atoms with E-state index in [2.05, 4.69) is 10.2 Å². The van der Waals surface area contributed by atoms with E-state index in [1.165, 1.54) is 23.1 Å². The summed E-state index contributed by atoms with van der Waals surface area (Å²) in [5, 5.41) is 7.60. The van der Waals surface area contributed by atoms with Crippen molar-refractivity contribution in [1.82, 2.24) is 15.1 Å². The molecule has 1 amide bonds. The molecule has 0 aromatic carbocycles. The van der Waals surface area contributed by atoms with Crippen molar-refractivity contribution in [3.05, 3.63) is 5.51 Å². The monoisotopic (exact) mass is 229 g/mol. The Morgan fingerprint density at radius 1 is 1.57 bits per heavy atom. The molecule has 0 bridgehead atoms. The minimum absolute atomic E-state index is 0.225. The van der Waals surface area contributed by atoms with E-state index in [0.717, 1.165) is 30.3 Å². The second kappa shape index (κ2) is 4.75. The van der Waals surface area contributed by atoms with Gasteiger partial charge in [-0.1, -0.05) is 23.1 Å². The maximum atomic E-state index is 11.6. The fourth-order valence-electron chi connectivity index (χ4n) is 1.41. The smallest absolute Gasteiger partial charge is 0.233 e. The third kappa shape index (κ3) is 2.45.